The smallest absolute Gasteiger partial charge is 0.342 e. The van der Waals surface area contributed by atoms with Gasteiger partial charge >= 0.3 is 5.97 Å². The van der Waals surface area contributed by atoms with Crippen LogP contribution in [0.15, 0.2) is 46.1 Å². The number of anilines is 1. The van der Waals surface area contributed by atoms with Gasteiger partial charge in [0.2, 0.25) is 5.71 Å². The van der Waals surface area contributed by atoms with Gasteiger partial charge < -0.3 is 19.9 Å². The molecule has 0 aliphatic heterocycles. The number of hydrogen-bond acceptors (Lipinski definition) is 8. The van der Waals surface area contributed by atoms with Crippen LogP contribution in [0.4, 0.5) is 5.82 Å². The van der Waals surface area contributed by atoms with Gasteiger partial charge in [0.15, 0.2) is 5.16 Å². The number of ether oxygens (including phenoxy) is 1. The number of nitrogen functional groups attached to an aromatic ring is 1. The summed E-state index contributed by atoms with van der Waals surface area (Å²) in [6.07, 6.45) is 1.79. The molecule has 0 aliphatic carbocycles. The highest BCUT2D eigenvalue weighted by Crippen LogP contribution is 2.30. The summed E-state index contributed by atoms with van der Waals surface area (Å²) in [5, 5.41) is 1.13. The number of imidazole rings is 1. The monoisotopic (exact) mass is 409 g/mol. The fourth-order valence-electron chi connectivity index (χ4n) is 2.97. The van der Waals surface area contributed by atoms with Gasteiger partial charge in [0, 0.05) is 0 Å². The first-order chi connectivity index (χ1) is 14.1. The highest BCUT2D eigenvalue weighted by Gasteiger charge is 2.23. The molecule has 0 fully saturated rings. The zero-order chi connectivity index (χ0) is 20.4. The van der Waals surface area contributed by atoms with Gasteiger partial charge in [-0.2, -0.15) is 4.98 Å². The summed E-state index contributed by atoms with van der Waals surface area (Å²) in [6, 6.07) is 9.95. The largest absolute Gasteiger partial charge is 0.462 e. The van der Waals surface area contributed by atoms with Crippen molar-refractivity contribution in [2.75, 3.05) is 12.3 Å². The number of thioether (sulfide) groups is 1. The minimum atomic E-state index is -0.495. The number of benzene rings is 1. The maximum absolute atomic E-state index is 12.2. The molecule has 0 spiro atoms. The van der Waals surface area contributed by atoms with E-state index in [1.54, 1.807) is 20.0 Å². The molecule has 3 heterocycles. The number of nitrogens with two attached hydrogens (primary N) is 1. The topological polar surface area (TPSA) is 120 Å². The van der Waals surface area contributed by atoms with Crippen molar-refractivity contribution in [1.29, 1.82) is 0 Å². The fourth-order valence-corrected chi connectivity index (χ4v) is 3.68. The number of furan rings is 1. The summed E-state index contributed by atoms with van der Waals surface area (Å²) >= 11 is 1.45. The molecule has 0 radical (unpaired) electrons. The average Bonchev–Trinajstić information content (AvgIpc) is 3.31. The van der Waals surface area contributed by atoms with E-state index in [4.69, 9.17) is 14.9 Å². The van der Waals surface area contributed by atoms with Crippen LogP contribution in [0.3, 0.4) is 0 Å². The first kappa shape index (κ1) is 19.0. The van der Waals surface area contributed by atoms with Crippen LogP contribution < -0.4 is 5.73 Å². The predicted octanol–water partition coefficient (Wildman–Crippen LogP) is 3.97. The van der Waals surface area contributed by atoms with Gasteiger partial charge in [-0.05, 0) is 19.4 Å². The van der Waals surface area contributed by atoms with Gasteiger partial charge in [-0.3, -0.25) is 0 Å². The lowest BCUT2D eigenvalue weighted by atomic mass is 10.2. The van der Waals surface area contributed by atoms with Crippen LogP contribution in [-0.4, -0.2) is 32.5 Å². The number of nitrogens with zero attached hydrogens (tertiary/aromatic N) is 3. The van der Waals surface area contributed by atoms with Gasteiger partial charge in [0.05, 0.1) is 29.6 Å². The second kappa shape index (κ2) is 7.96. The molecule has 3 N–H and O–H groups in total. The Balaban J connectivity index is 1.55. The van der Waals surface area contributed by atoms with Crippen LogP contribution in [0, 0.1) is 6.92 Å². The molecule has 0 aliphatic rings. The molecule has 0 unspecified atom stereocenters. The maximum Gasteiger partial charge on any atom is 0.342 e. The Morgan fingerprint density at radius 1 is 1.28 bits per heavy atom. The number of carbonyl (C=O) groups excluding carboxylic acids is 1. The van der Waals surface area contributed by atoms with Crippen molar-refractivity contribution in [3.63, 3.8) is 0 Å². The summed E-state index contributed by atoms with van der Waals surface area (Å²) in [4.78, 5) is 28.6. The standard InChI is InChI=1S/C20H19N5O3S/c1-3-27-19(26)15-11(2)28-18-16(15)17(21)24-14(25-18)10-29-20-22-9-13(23-20)12-7-5-4-6-8-12/h4-9H,3,10H2,1-2H3,(H,22,23)(H2,21,24,25). The molecule has 3 aromatic heterocycles. The lowest BCUT2D eigenvalue weighted by molar-refractivity contribution is 0.0526. The Bertz CT molecular complexity index is 1170. The van der Waals surface area contributed by atoms with Crippen molar-refractivity contribution >= 4 is 34.6 Å². The number of esters is 1. The third-order valence-corrected chi connectivity index (χ3v) is 5.14. The van der Waals surface area contributed by atoms with E-state index in [1.165, 1.54) is 11.8 Å². The molecule has 0 atom stereocenters. The molecule has 0 saturated carbocycles. The third kappa shape index (κ3) is 3.81. The minimum Gasteiger partial charge on any atom is -0.462 e. The first-order valence-electron chi connectivity index (χ1n) is 9.02. The van der Waals surface area contributed by atoms with E-state index in [2.05, 4.69) is 19.9 Å². The molecule has 4 aromatic rings. The summed E-state index contributed by atoms with van der Waals surface area (Å²) in [6.45, 7) is 3.67. The number of nitrogens with one attached hydrogen (secondary N) is 1. The van der Waals surface area contributed by atoms with Crippen molar-refractivity contribution in [3.05, 3.63) is 53.7 Å². The quantitative estimate of drug-likeness (QED) is 0.362. The summed E-state index contributed by atoms with van der Waals surface area (Å²) in [5.41, 5.74) is 8.65. The Morgan fingerprint density at radius 3 is 2.83 bits per heavy atom. The Hall–Kier alpha value is -3.33. The van der Waals surface area contributed by atoms with Crippen LogP contribution in [0.5, 0.6) is 0 Å². The van der Waals surface area contributed by atoms with Crippen molar-refractivity contribution < 1.29 is 13.9 Å². The Kier molecular flexibility index (Phi) is 5.22. The Labute approximate surface area is 170 Å². The number of hydrogen-bond donors (Lipinski definition) is 2. The minimum absolute atomic E-state index is 0.190. The molecule has 0 amide bonds. The number of rotatable bonds is 6. The lowest BCUT2D eigenvalue weighted by Gasteiger charge is -2.03. The first-order valence-corrected chi connectivity index (χ1v) is 10.0. The summed E-state index contributed by atoms with van der Waals surface area (Å²) in [5.74, 6) is 1.03. The number of H-pyrrole nitrogens is 1. The van der Waals surface area contributed by atoms with Crippen molar-refractivity contribution in [1.82, 2.24) is 19.9 Å². The van der Waals surface area contributed by atoms with Crippen LogP contribution in [0.2, 0.25) is 0 Å². The highest BCUT2D eigenvalue weighted by molar-refractivity contribution is 7.98. The van der Waals surface area contributed by atoms with Gasteiger partial charge in [-0.15, -0.1) is 0 Å². The number of aromatic nitrogens is 4. The summed E-state index contributed by atoms with van der Waals surface area (Å²) in [7, 11) is 0. The van der Waals surface area contributed by atoms with Gasteiger partial charge in [0.25, 0.3) is 0 Å². The van der Waals surface area contributed by atoms with E-state index >= 15 is 0 Å². The molecule has 8 nitrogen and oxygen atoms in total. The zero-order valence-corrected chi connectivity index (χ0v) is 16.7. The van der Waals surface area contributed by atoms with Crippen molar-refractivity contribution in [2.24, 2.45) is 0 Å². The maximum atomic E-state index is 12.2. The Morgan fingerprint density at radius 2 is 2.07 bits per heavy atom. The average molecular weight is 409 g/mol. The predicted molar refractivity (Wildman–Crippen MR) is 110 cm³/mol. The van der Waals surface area contributed by atoms with E-state index in [0.29, 0.717) is 22.7 Å². The second-order valence-corrected chi connectivity index (χ2v) is 7.18. The number of carbonyl (C=O) groups is 1. The number of aromatic amines is 1. The van der Waals surface area contributed by atoms with E-state index < -0.39 is 5.97 Å². The van der Waals surface area contributed by atoms with Crippen LogP contribution in [-0.2, 0) is 10.5 Å². The van der Waals surface area contributed by atoms with Gasteiger partial charge in [-0.1, -0.05) is 42.1 Å². The molecular formula is C20H19N5O3S. The molecule has 0 bridgehead atoms. The normalized spacial score (nSPS) is 11.1. The molecule has 29 heavy (non-hydrogen) atoms. The zero-order valence-electron chi connectivity index (χ0n) is 15.9. The lowest BCUT2D eigenvalue weighted by Crippen LogP contribution is -2.07. The third-order valence-electron chi connectivity index (χ3n) is 4.26. The van der Waals surface area contributed by atoms with Crippen LogP contribution in [0.1, 0.15) is 28.9 Å². The highest BCUT2D eigenvalue weighted by atomic mass is 32.2. The van der Waals surface area contributed by atoms with Crippen molar-refractivity contribution in [2.45, 2.75) is 24.8 Å². The van der Waals surface area contributed by atoms with E-state index in [1.807, 2.05) is 30.3 Å². The summed E-state index contributed by atoms with van der Waals surface area (Å²) < 4.78 is 10.7. The molecule has 4 rings (SSSR count). The molecular weight excluding hydrogens is 390 g/mol. The van der Waals surface area contributed by atoms with Crippen LogP contribution in [0.25, 0.3) is 22.4 Å². The number of aryl methyl sites for hydroxylation is 1. The number of fused-ring (bicyclic) bond motifs is 1. The van der Waals surface area contributed by atoms with Crippen molar-refractivity contribution in [3.8, 4) is 11.3 Å². The van der Waals surface area contributed by atoms with Gasteiger partial charge in [-0.25, -0.2) is 14.8 Å². The second-order valence-electron chi connectivity index (χ2n) is 6.22. The fraction of sp³-hybridized carbons (Fsp3) is 0.200. The molecule has 9 heteroatoms. The molecule has 148 valence electrons. The van der Waals surface area contributed by atoms with Crippen LogP contribution >= 0.6 is 11.8 Å². The van der Waals surface area contributed by atoms with E-state index in [-0.39, 0.29) is 23.7 Å². The van der Waals surface area contributed by atoms with E-state index in [0.717, 1.165) is 16.4 Å². The molecule has 1 aromatic carbocycles. The van der Waals surface area contributed by atoms with Gasteiger partial charge in [0.1, 0.15) is 23.0 Å². The van der Waals surface area contributed by atoms with E-state index in [9.17, 15) is 4.79 Å². The SMILES string of the molecule is CCOC(=O)c1c(C)oc2nc(CSc3ncc(-c4ccccc4)[nH]3)nc(N)c12. The molecule has 0 saturated heterocycles.